The third-order valence-corrected chi connectivity index (χ3v) is 4.31. The molecule has 5 nitrogen and oxygen atoms in total. The van der Waals surface area contributed by atoms with Crippen molar-refractivity contribution in [1.82, 2.24) is 0 Å². The van der Waals surface area contributed by atoms with Crippen molar-refractivity contribution in [1.29, 1.82) is 0 Å². The maximum absolute atomic E-state index is 8.79. The number of hydrogen-bond acceptors (Lipinski definition) is 5. The number of benzene rings is 2. The van der Waals surface area contributed by atoms with Gasteiger partial charge in [0.05, 0.1) is 25.6 Å². The highest BCUT2D eigenvalue weighted by atomic mass is 16.5. The Bertz CT molecular complexity index is 744. The predicted molar refractivity (Wildman–Crippen MR) is 99.1 cm³/mol. The van der Waals surface area contributed by atoms with Gasteiger partial charge in [-0.3, -0.25) is 0 Å². The maximum atomic E-state index is 8.79. The van der Waals surface area contributed by atoms with Crippen LogP contribution >= 0.6 is 0 Å². The van der Waals surface area contributed by atoms with E-state index in [4.69, 9.17) is 15.2 Å². The van der Waals surface area contributed by atoms with Gasteiger partial charge in [-0.25, -0.2) is 0 Å². The van der Waals surface area contributed by atoms with Gasteiger partial charge in [-0.15, -0.1) is 0 Å². The van der Waals surface area contributed by atoms with Crippen LogP contribution in [-0.4, -0.2) is 22.8 Å². The third kappa shape index (κ3) is 4.67. The molecular weight excluding hydrogens is 316 g/mol. The molecule has 2 aromatic carbocycles. The SMILES string of the molecule is Cc1cc(/C=N\O)c(C)c(COCc2cc(C)cc(/C=N\O)c2C)c1. The summed E-state index contributed by atoms with van der Waals surface area (Å²) in [6.07, 6.45) is 2.88. The van der Waals surface area contributed by atoms with Gasteiger partial charge in [0.2, 0.25) is 0 Å². The molecule has 0 fully saturated rings. The Balaban J connectivity index is 2.16. The van der Waals surface area contributed by atoms with Gasteiger partial charge in [0.25, 0.3) is 0 Å². The fraction of sp³-hybridized carbons (Fsp3) is 0.300. The van der Waals surface area contributed by atoms with E-state index >= 15 is 0 Å². The van der Waals surface area contributed by atoms with Crippen molar-refractivity contribution in [3.05, 3.63) is 68.8 Å². The van der Waals surface area contributed by atoms with Crippen LogP contribution in [0.15, 0.2) is 34.6 Å². The first-order valence-corrected chi connectivity index (χ1v) is 8.09. The van der Waals surface area contributed by atoms with Gasteiger partial charge in [0.1, 0.15) is 0 Å². The zero-order valence-electron chi connectivity index (χ0n) is 15.1. The van der Waals surface area contributed by atoms with Crippen molar-refractivity contribution in [2.24, 2.45) is 10.3 Å². The molecule has 0 aliphatic rings. The summed E-state index contributed by atoms with van der Waals surface area (Å²) in [5, 5.41) is 23.8. The van der Waals surface area contributed by atoms with Crippen molar-refractivity contribution in [3.63, 3.8) is 0 Å². The van der Waals surface area contributed by atoms with Crippen LogP contribution < -0.4 is 0 Å². The molecule has 0 heterocycles. The minimum atomic E-state index is 0.469. The Hall–Kier alpha value is -2.66. The molecule has 0 saturated heterocycles. The second-order valence-electron chi connectivity index (χ2n) is 6.26. The first-order chi connectivity index (χ1) is 12.0. The van der Waals surface area contributed by atoms with Crippen LogP contribution in [0.25, 0.3) is 0 Å². The van der Waals surface area contributed by atoms with Crippen LogP contribution in [0.3, 0.4) is 0 Å². The minimum absolute atomic E-state index is 0.469. The lowest BCUT2D eigenvalue weighted by Crippen LogP contribution is -2.03. The van der Waals surface area contributed by atoms with E-state index in [-0.39, 0.29) is 0 Å². The molecular formula is C20H24N2O3. The number of rotatable bonds is 6. The molecule has 2 rings (SSSR count). The molecule has 0 atom stereocenters. The summed E-state index contributed by atoms with van der Waals surface area (Å²) >= 11 is 0. The van der Waals surface area contributed by atoms with Crippen LogP contribution in [-0.2, 0) is 18.0 Å². The molecule has 2 aromatic rings. The van der Waals surface area contributed by atoms with Gasteiger partial charge in [0, 0.05) is 0 Å². The molecule has 0 radical (unpaired) electrons. The van der Waals surface area contributed by atoms with Gasteiger partial charge >= 0.3 is 0 Å². The summed E-state index contributed by atoms with van der Waals surface area (Å²) in [5.74, 6) is 0. The van der Waals surface area contributed by atoms with Crippen LogP contribution in [0, 0.1) is 27.7 Å². The number of hydrogen-bond donors (Lipinski definition) is 2. The van der Waals surface area contributed by atoms with E-state index in [1.54, 1.807) is 0 Å². The lowest BCUT2D eigenvalue weighted by atomic mass is 9.99. The lowest BCUT2D eigenvalue weighted by molar-refractivity contribution is 0.106. The quantitative estimate of drug-likeness (QED) is 0.469. The van der Waals surface area contributed by atoms with Gasteiger partial charge in [-0.2, -0.15) is 0 Å². The molecule has 132 valence electrons. The summed E-state index contributed by atoms with van der Waals surface area (Å²) in [5.41, 5.74) is 8.16. The Kier molecular flexibility index (Phi) is 6.31. The smallest absolute Gasteiger partial charge is 0.0736 e. The van der Waals surface area contributed by atoms with E-state index in [0.717, 1.165) is 44.5 Å². The average molecular weight is 340 g/mol. The fourth-order valence-corrected chi connectivity index (χ4v) is 2.89. The van der Waals surface area contributed by atoms with E-state index < -0.39 is 0 Å². The average Bonchev–Trinajstić information content (AvgIpc) is 2.56. The molecule has 5 heteroatoms. The fourth-order valence-electron chi connectivity index (χ4n) is 2.89. The predicted octanol–water partition coefficient (Wildman–Crippen LogP) is 4.25. The highest BCUT2D eigenvalue weighted by molar-refractivity contribution is 5.82. The Morgan fingerprint density at radius 3 is 1.52 bits per heavy atom. The summed E-state index contributed by atoms with van der Waals surface area (Å²) < 4.78 is 5.93. The van der Waals surface area contributed by atoms with Gasteiger partial charge < -0.3 is 15.2 Å². The molecule has 0 amide bonds. The number of oxime groups is 2. The van der Waals surface area contributed by atoms with Crippen LogP contribution in [0.4, 0.5) is 0 Å². The molecule has 25 heavy (non-hydrogen) atoms. The monoisotopic (exact) mass is 340 g/mol. The van der Waals surface area contributed by atoms with Crippen molar-refractivity contribution in [3.8, 4) is 0 Å². The first-order valence-electron chi connectivity index (χ1n) is 8.09. The number of ether oxygens (including phenoxy) is 1. The lowest BCUT2D eigenvalue weighted by Gasteiger charge is -2.13. The van der Waals surface area contributed by atoms with Crippen LogP contribution in [0.5, 0.6) is 0 Å². The number of aryl methyl sites for hydroxylation is 2. The largest absolute Gasteiger partial charge is 0.411 e. The molecule has 0 aromatic heterocycles. The molecule has 0 saturated carbocycles. The summed E-state index contributed by atoms with van der Waals surface area (Å²) in [7, 11) is 0. The van der Waals surface area contributed by atoms with E-state index in [9.17, 15) is 0 Å². The molecule has 0 aliphatic carbocycles. The molecule has 0 spiro atoms. The van der Waals surface area contributed by atoms with E-state index in [1.807, 2.05) is 39.8 Å². The van der Waals surface area contributed by atoms with E-state index in [0.29, 0.717) is 13.2 Å². The molecule has 0 bridgehead atoms. The van der Waals surface area contributed by atoms with Gasteiger partial charge in [0.15, 0.2) is 0 Å². The topological polar surface area (TPSA) is 74.4 Å². The van der Waals surface area contributed by atoms with Crippen molar-refractivity contribution >= 4 is 12.4 Å². The Morgan fingerprint density at radius 1 is 0.760 bits per heavy atom. The summed E-state index contributed by atoms with van der Waals surface area (Å²) in [4.78, 5) is 0. The maximum Gasteiger partial charge on any atom is 0.0736 e. The minimum Gasteiger partial charge on any atom is -0.411 e. The highest BCUT2D eigenvalue weighted by Gasteiger charge is 2.08. The normalized spacial score (nSPS) is 11.7. The van der Waals surface area contributed by atoms with Crippen LogP contribution in [0.2, 0.25) is 0 Å². The zero-order valence-corrected chi connectivity index (χ0v) is 15.1. The second-order valence-corrected chi connectivity index (χ2v) is 6.26. The molecule has 2 N–H and O–H groups in total. The van der Waals surface area contributed by atoms with Gasteiger partial charge in [-0.05, 0) is 61.1 Å². The van der Waals surface area contributed by atoms with E-state index in [1.165, 1.54) is 12.4 Å². The Morgan fingerprint density at radius 2 is 1.16 bits per heavy atom. The third-order valence-electron chi connectivity index (χ3n) is 4.31. The first kappa shape index (κ1) is 18.7. The molecule has 0 unspecified atom stereocenters. The Labute approximate surface area is 148 Å². The molecule has 0 aliphatic heterocycles. The number of nitrogens with zero attached hydrogens (tertiary/aromatic N) is 2. The standard InChI is InChI=1S/C20H24N2O3/c1-13-5-17(9-21-23)15(3)19(7-13)11-25-12-20-8-14(2)6-18(10-22-24)16(20)4/h5-10,23-24H,11-12H2,1-4H3/b21-9-,22-10-. The van der Waals surface area contributed by atoms with Crippen molar-refractivity contribution in [2.45, 2.75) is 40.9 Å². The van der Waals surface area contributed by atoms with E-state index in [2.05, 4.69) is 22.4 Å². The van der Waals surface area contributed by atoms with Crippen LogP contribution in [0.1, 0.15) is 44.5 Å². The van der Waals surface area contributed by atoms with Gasteiger partial charge in [-0.1, -0.05) is 45.7 Å². The summed E-state index contributed by atoms with van der Waals surface area (Å²) in [6.45, 7) is 8.92. The second kappa shape index (κ2) is 8.44. The van der Waals surface area contributed by atoms with Crippen molar-refractivity contribution in [2.75, 3.05) is 0 Å². The summed E-state index contributed by atoms with van der Waals surface area (Å²) in [6, 6.07) is 8.11. The van der Waals surface area contributed by atoms with Crippen molar-refractivity contribution < 1.29 is 15.2 Å². The zero-order chi connectivity index (χ0) is 18.4. The highest BCUT2D eigenvalue weighted by Crippen LogP contribution is 2.20.